The molecule has 0 aliphatic rings. The zero-order valence-corrected chi connectivity index (χ0v) is 13.6. The number of nitro groups is 1. The Hall–Kier alpha value is -3.33. The molecule has 0 unspecified atom stereocenters. The summed E-state index contributed by atoms with van der Waals surface area (Å²) in [6, 6.07) is 15.7. The van der Waals surface area contributed by atoms with Crippen LogP contribution in [0.25, 0.3) is 15.5 Å². The molecular weight excluding hydrogens is 342 g/mol. The summed E-state index contributed by atoms with van der Waals surface area (Å²) in [4.78, 5) is 11.1. The third kappa shape index (κ3) is 3.04. The van der Waals surface area contributed by atoms with Gasteiger partial charge < -0.3 is 4.74 Å². The lowest BCUT2D eigenvalue weighted by Crippen LogP contribution is -2.02. The maximum atomic E-state index is 10.9. The fourth-order valence-corrected chi connectivity index (χ4v) is 3.14. The van der Waals surface area contributed by atoms with Crippen LogP contribution in [0.3, 0.4) is 0 Å². The summed E-state index contributed by atoms with van der Waals surface area (Å²) in [6.07, 6.45) is 0. The van der Waals surface area contributed by atoms with Gasteiger partial charge in [0, 0.05) is 17.7 Å². The molecule has 0 saturated heterocycles. The number of aromatic nitrogens is 4. The summed E-state index contributed by atoms with van der Waals surface area (Å²) in [7, 11) is 0. The molecule has 4 aromatic rings. The summed E-state index contributed by atoms with van der Waals surface area (Å²) in [6.45, 7) is 0.225. The van der Waals surface area contributed by atoms with Gasteiger partial charge in [0.05, 0.1) is 4.92 Å². The summed E-state index contributed by atoms with van der Waals surface area (Å²) >= 11 is 1.31. The minimum Gasteiger partial charge on any atom is -0.486 e. The van der Waals surface area contributed by atoms with E-state index in [1.54, 1.807) is 16.6 Å². The topological polar surface area (TPSA) is 95.5 Å². The largest absolute Gasteiger partial charge is 0.486 e. The number of para-hydroxylation sites is 1. The van der Waals surface area contributed by atoms with Gasteiger partial charge in [-0.25, -0.2) is 0 Å². The molecule has 0 aliphatic carbocycles. The van der Waals surface area contributed by atoms with Crippen LogP contribution < -0.4 is 4.74 Å². The molecule has 2 aromatic carbocycles. The van der Waals surface area contributed by atoms with E-state index in [9.17, 15) is 10.1 Å². The average molecular weight is 353 g/mol. The first kappa shape index (κ1) is 15.2. The Balaban J connectivity index is 1.62. The number of benzene rings is 2. The number of ether oxygens (including phenoxy) is 1. The maximum Gasteiger partial charge on any atom is 0.270 e. The van der Waals surface area contributed by atoms with Crippen LogP contribution in [-0.2, 0) is 6.61 Å². The fourth-order valence-electron chi connectivity index (χ4n) is 2.28. The minimum absolute atomic E-state index is 0.0242. The second-order valence-corrected chi connectivity index (χ2v) is 6.08. The van der Waals surface area contributed by atoms with Crippen molar-refractivity contribution in [3.63, 3.8) is 0 Å². The van der Waals surface area contributed by atoms with E-state index in [-0.39, 0.29) is 12.3 Å². The number of hydrogen-bond donors (Lipinski definition) is 0. The normalized spacial score (nSPS) is 10.9. The van der Waals surface area contributed by atoms with E-state index >= 15 is 0 Å². The molecule has 0 fully saturated rings. The first-order valence-corrected chi connectivity index (χ1v) is 8.16. The van der Waals surface area contributed by atoms with Crippen LogP contribution in [0.5, 0.6) is 5.75 Å². The lowest BCUT2D eigenvalue weighted by atomic mass is 10.2. The Kier molecular flexibility index (Phi) is 3.82. The monoisotopic (exact) mass is 353 g/mol. The SMILES string of the molecule is O=[N+]([O-])c1cccc(-c2nn3c(COc4ccccc4)nnc3s2)c1. The van der Waals surface area contributed by atoms with Crippen molar-refractivity contribution in [3.8, 4) is 16.3 Å². The molecular formula is C16H11N5O3S. The van der Waals surface area contributed by atoms with Gasteiger partial charge in [-0.1, -0.05) is 41.7 Å². The highest BCUT2D eigenvalue weighted by Gasteiger charge is 2.15. The molecule has 0 aliphatic heterocycles. The second kappa shape index (κ2) is 6.29. The maximum absolute atomic E-state index is 10.9. The van der Waals surface area contributed by atoms with Gasteiger partial charge in [0.1, 0.15) is 17.4 Å². The Labute approximate surface area is 145 Å². The van der Waals surface area contributed by atoms with E-state index in [1.807, 2.05) is 30.3 Å². The molecule has 0 spiro atoms. The minimum atomic E-state index is -0.428. The lowest BCUT2D eigenvalue weighted by molar-refractivity contribution is -0.384. The molecule has 9 heteroatoms. The van der Waals surface area contributed by atoms with Crippen molar-refractivity contribution in [2.24, 2.45) is 0 Å². The van der Waals surface area contributed by atoms with Crippen LogP contribution in [0, 0.1) is 10.1 Å². The second-order valence-electron chi connectivity index (χ2n) is 5.13. The van der Waals surface area contributed by atoms with Crippen molar-refractivity contribution in [1.29, 1.82) is 0 Å². The highest BCUT2D eigenvalue weighted by atomic mass is 32.1. The summed E-state index contributed by atoms with van der Waals surface area (Å²) in [5, 5.41) is 24.2. The van der Waals surface area contributed by atoms with Crippen molar-refractivity contribution in [3.05, 3.63) is 70.5 Å². The molecule has 124 valence electrons. The summed E-state index contributed by atoms with van der Waals surface area (Å²) < 4.78 is 7.27. The van der Waals surface area contributed by atoms with E-state index in [2.05, 4.69) is 15.3 Å². The third-order valence-electron chi connectivity index (χ3n) is 3.47. The van der Waals surface area contributed by atoms with Crippen LogP contribution in [0.1, 0.15) is 5.82 Å². The van der Waals surface area contributed by atoms with Gasteiger partial charge in [-0.2, -0.15) is 9.61 Å². The van der Waals surface area contributed by atoms with Crippen molar-refractivity contribution < 1.29 is 9.66 Å². The first-order chi connectivity index (χ1) is 12.2. The lowest BCUT2D eigenvalue weighted by Gasteiger charge is -2.02. The van der Waals surface area contributed by atoms with Crippen molar-refractivity contribution in [2.45, 2.75) is 6.61 Å². The zero-order chi connectivity index (χ0) is 17.2. The van der Waals surface area contributed by atoms with Crippen LogP contribution in [0.15, 0.2) is 54.6 Å². The molecule has 2 aromatic heterocycles. The fraction of sp³-hybridized carbons (Fsp3) is 0.0625. The standard InChI is InChI=1S/C16H11N5O3S/c22-21(23)12-6-4-5-11(9-12)15-19-20-14(17-18-16(20)25-15)10-24-13-7-2-1-3-8-13/h1-9H,10H2. The smallest absolute Gasteiger partial charge is 0.270 e. The molecule has 8 nitrogen and oxygen atoms in total. The van der Waals surface area contributed by atoms with Crippen LogP contribution >= 0.6 is 11.3 Å². The number of nitro benzene ring substituents is 1. The number of hydrogen-bond acceptors (Lipinski definition) is 7. The number of rotatable bonds is 5. The predicted molar refractivity (Wildman–Crippen MR) is 91.5 cm³/mol. The Bertz CT molecular complexity index is 1040. The molecule has 0 saturated carbocycles. The molecule has 0 amide bonds. The number of non-ortho nitro benzene ring substituents is 1. The third-order valence-corrected chi connectivity index (χ3v) is 4.42. The molecule has 0 bridgehead atoms. The van der Waals surface area contributed by atoms with Gasteiger partial charge in [-0.3, -0.25) is 10.1 Å². The average Bonchev–Trinajstić information content (AvgIpc) is 3.22. The van der Waals surface area contributed by atoms with E-state index < -0.39 is 4.92 Å². The van der Waals surface area contributed by atoms with Gasteiger partial charge in [0.15, 0.2) is 5.82 Å². The highest BCUT2D eigenvalue weighted by molar-refractivity contribution is 7.19. The highest BCUT2D eigenvalue weighted by Crippen LogP contribution is 2.28. The summed E-state index contributed by atoms with van der Waals surface area (Å²) in [5.41, 5.74) is 0.690. The number of fused-ring (bicyclic) bond motifs is 1. The van der Waals surface area contributed by atoms with E-state index in [1.165, 1.54) is 23.5 Å². The van der Waals surface area contributed by atoms with Crippen molar-refractivity contribution in [2.75, 3.05) is 0 Å². The zero-order valence-electron chi connectivity index (χ0n) is 12.8. The molecule has 0 N–H and O–H groups in total. The predicted octanol–water partition coefficient (Wildman–Crippen LogP) is 3.34. The molecule has 0 atom stereocenters. The van der Waals surface area contributed by atoms with Gasteiger partial charge in [0.2, 0.25) is 4.96 Å². The Morgan fingerprint density at radius 3 is 2.76 bits per heavy atom. The van der Waals surface area contributed by atoms with Gasteiger partial charge in [-0.05, 0) is 12.1 Å². The molecule has 25 heavy (non-hydrogen) atoms. The molecule has 4 rings (SSSR count). The number of nitrogens with zero attached hydrogens (tertiary/aromatic N) is 5. The first-order valence-electron chi connectivity index (χ1n) is 7.34. The van der Waals surface area contributed by atoms with E-state index in [4.69, 9.17) is 4.74 Å². The van der Waals surface area contributed by atoms with E-state index in [0.29, 0.717) is 21.4 Å². The van der Waals surface area contributed by atoms with Crippen LogP contribution in [-0.4, -0.2) is 24.7 Å². The van der Waals surface area contributed by atoms with Crippen LogP contribution in [0.2, 0.25) is 0 Å². The van der Waals surface area contributed by atoms with Crippen molar-refractivity contribution >= 4 is 22.0 Å². The summed E-state index contributed by atoms with van der Waals surface area (Å²) in [5.74, 6) is 1.29. The van der Waals surface area contributed by atoms with Crippen LogP contribution in [0.4, 0.5) is 5.69 Å². The Morgan fingerprint density at radius 2 is 1.96 bits per heavy atom. The molecule has 0 radical (unpaired) electrons. The van der Waals surface area contributed by atoms with Gasteiger partial charge in [-0.15, -0.1) is 10.2 Å². The van der Waals surface area contributed by atoms with E-state index in [0.717, 1.165) is 5.75 Å². The van der Waals surface area contributed by atoms with Crippen molar-refractivity contribution in [1.82, 2.24) is 19.8 Å². The quantitative estimate of drug-likeness (QED) is 0.403. The Morgan fingerprint density at radius 1 is 1.12 bits per heavy atom. The van der Waals surface area contributed by atoms with Gasteiger partial charge in [0.25, 0.3) is 5.69 Å². The van der Waals surface area contributed by atoms with Gasteiger partial charge >= 0.3 is 0 Å². The molecule has 2 heterocycles.